The van der Waals surface area contributed by atoms with Gasteiger partial charge in [0.1, 0.15) is 11.5 Å². The Balaban J connectivity index is 1.79. The van der Waals surface area contributed by atoms with Crippen LogP contribution in [0.4, 0.5) is 0 Å². The van der Waals surface area contributed by atoms with Gasteiger partial charge in [-0.1, -0.05) is 161 Å². The molecule has 4 heteroatoms. The second kappa shape index (κ2) is 17.0. The van der Waals surface area contributed by atoms with E-state index in [-0.39, 0.29) is 32.5 Å². The molecule has 0 aliphatic heterocycles. The Labute approximate surface area is 360 Å². The molecule has 2 atom stereocenters. The van der Waals surface area contributed by atoms with Crippen molar-refractivity contribution in [3.05, 3.63) is 105 Å². The fourth-order valence-electron chi connectivity index (χ4n) is 7.66. The smallest absolute Gasteiger partial charge is 0.132 e. The van der Waals surface area contributed by atoms with E-state index in [1.807, 2.05) is 0 Å². The third kappa shape index (κ3) is 11.4. The van der Waals surface area contributed by atoms with Gasteiger partial charge in [0.05, 0.1) is 26.4 Å². The summed E-state index contributed by atoms with van der Waals surface area (Å²) in [5.41, 5.74) is 12.6. The fraction of sp³-hybridized carbons (Fsp3) is 0.564. The standard InChI is InChI=1S/C55H80O4/c1-50(2,3)36-24-34(25-37(28-36)51(4,5)6)42-30-40(54(13,14)15)32-44(48(42)58-19)46(56)22-21-23-47(57)45-33-41(55(16,17)18)31-43(49(45)59-20)35-26-38(52(7,8)9)29-39(27-35)53(10,11)12/h24-33,46-47,56-57H,21-23H2,1-20H3. The Morgan fingerprint density at radius 2 is 0.610 bits per heavy atom. The van der Waals surface area contributed by atoms with Crippen LogP contribution in [-0.4, -0.2) is 24.4 Å². The molecule has 0 aliphatic carbocycles. The quantitative estimate of drug-likeness (QED) is 0.168. The lowest BCUT2D eigenvalue weighted by atomic mass is 9.77. The summed E-state index contributed by atoms with van der Waals surface area (Å²) in [6, 6.07) is 22.6. The molecule has 2 N–H and O–H groups in total. The average Bonchev–Trinajstić information content (AvgIpc) is 3.10. The normalized spacial score (nSPS) is 14.3. The zero-order valence-electron chi connectivity index (χ0n) is 40.8. The van der Waals surface area contributed by atoms with Crippen LogP contribution >= 0.6 is 0 Å². The van der Waals surface area contributed by atoms with Gasteiger partial charge in [0, 0.05) is 22.3 Å². The SMILES string of the molecule is COc1c(-c2cc(C(C)(C)C)cc(C(C)(C)C)c2)cc(C(C)(C)C)cc1C(O)CCCC(O)c1cc(C(C)(C)C)cc(-c2cc(C(C)(C)C)cc(C(C)(C)C)c2)c1OC. The lowest BCUT2D eigenvalue weighted by Gasteiger charge is -2.29. The fourth-order valence-corrected chi connectivity index (χ4v) is 7.66. The first-order chi connectivity index (χ1) is 26.8. The van der Waals surface area contributed by atoms with Crippen LogP contribution in [0.3, 0.4) is 0 Å². The van der Waals surface area contributed by atoms with E-state index in [1.165, 1.54) is 22.3 Å². The zero-order valence-corrected chi connectivity index (χ0v) is 40.8. The van der Waals surface area contributed by atoms with Crippen LogP contribution in [0.5, 0.6) is 11.5 Å². The molecule has 4 rings (SSSR count). The Morgan fingerprint density at radius 3 is 0.831 bits per heavy atom. The highest BCUT2D eigenvalue weighted by atomic mass is 16.5. The largest absolute Gasteiger partial charge is 0.496 e. The maximum atomic E-state index is 12.1. The van der Waals surface area contributed by atoms with Crippen LogP contribution in [0.15, 0.2) is 60.7 Å². The van der Waals surface area contributed by atoms with Crippen LogP contribution in [0.25, 0.3) is 22.3 Å². The molecule has 0 radical (unpaired) electrons. The molecule has 0 spiro atoms. The molecule has 0 saturated heterocycles. The minimum absolute atomic E-state index is 0.0459. The van der Waals surface area contributed by atoms with Crippen LogP contribution in [0.1, 0.15) is 201 Å². The summed E-state index contributed by atoms with van der Waals surface area (Å²) in [7, 11) is 3.42. The first-order valence-corrected chi connectivity index (χ1v) is 21.9. The molecule has 324 valence electrons. The van der Waals surface area contributed by atoms with E-state index in [4.69, 9.17) is 9.47 Å². The van der Waals surface area contributed by atoms with Gasteiger partial charge in [-0.2, -0.15) is 0 Å². The van der Waals surface area contributed by atoms with Crippen molar-refractivity contribution in [2.24, 2.45) is 0 Å². The van der Waals surface area contributed by atoms with E-state index >= 15 is 0 Å². The molecule has 0 aliphatic rings. The van der Waals surface area contributed by atoms with Gasteiger partial charge in [-0.15, -0.1) is 0 Å². The number of rotatable bonds is 10. The second-order valence-corrected chi connectivity index (χ2v) is 23.4. The number of benzene rings is 4. The zero-order chi connectivity index (χ0) is 44.8. The first-order valence-electron chi connectivity index (χ1n) is 21.9. The Hall–Kier alpha value is -3.60. The third-order valence-electron chi connectivity index (χ3n) is 12.0. The van der Waals surface area contributed by atoms with E-state index < -0.39 is 12.2 Å². The molecule has 4 nitrogen and oxygen atoms in total. The van der Waals surface area contributed by atoms with Crippen LogP contribution in [-0.2, 0) is 32.5 Å². The van der Waals surface area contributed by atoms with Gasteiger partial charge in [0.15, 0.2) is 0 Å². The minimum Gasteiger partial charge on any atom is -0.496 e. The molecule has 0 bridgehead atoms. The molecule has 0 heterocycles. The molecule has 0 amide bonds. The number of ether oxygens (including phenoxy) is 2. The van der Waals surface area contributed by atoms with E-state index in [0.717, 1.165) is 44.5 Å². The summed E-state index contributed by atoms with van der Waals surface area (Å²) >= 11 is 0. The average molecular weight is 805 g/mol. The lowest BCUT2D eigenvalue weighted by Crippen LogP contribution is -2.17. The molecule has 4 aromatic rings. The summed E-state index contributed by atoms with van der Waals surface area (Å²) in [5.74, 6) is 1.40. The summed E-state index contributed by atoms with van der Waals surface area (Å²) < 4.78 is 12.5. The lowest BCUT2D eigenvalue weighted by molar-refractivity contribution is 0.132. The predicted molar refractivity (Wildman–Crippen MR) is 253 cm³/mol. The molecule has 59 heavy (non-hydrogen) atoms. The van der Waals surface area contributed by atoms with E-state index in [0.29, 0.717) is 30.8 Å². The van der Waals surface area contributed by atoms with Crippen molar-refractivity contribution in [2.45, 2.75) is 189 Å². The molecular formula is C55H80O4. The van der Waals surface area contributed by atoms with E-state index in [1.54, 1.807) is 14.2 Å². The third-order valence-corrected chi connectivity index (χ3v) is 12.0. The van der Waals surface area contributed by atoms with Gasteiger partial charge in [0.25, 0.3) is 0 Å². The topological polar surface area (TPSA) is 58.9 Å². The van der Waals surface area contributed by atoms with Gasteiger partial charge in [-0.25, -0.2) is 0 Å². The number of hydrogen-bond donors (Lipinski definition) is 2. The predicted octanol–water partition coefficient (Wildman–Crippen LogP) is 14.8. The van der Waals surface area contributed by atoms with Gasteiger partial charge in [-0.05, 0) is 121 Å². The highest BCUT2D eigenvalue weighted by Gasteiger charge is 2.29. The van der Waals surface area contributed by atoms with Gasteiger partial charge in [-0.3, -0.25) is 0 Å². The number of methoxy groups -OCH3 is 2. The molecule has 0 aromatic heterocycles. The maximum Gasteiger partial charge on any atom is 0.132 e. The Morgan fingerprint density at radius 1 is 0.373 bits per heavy atom. The van der Waals surface area contributed by atoms with Crippen molar-refractivity contribution in [2.75, 3.05) is 14.2 Å². The highest BCUT2D eigenvalue weighted by molar-refractivity contribution is 5.77. The Bertz CT molecular complexity index is 1880. The van der Waals surface area contributed by atoms with Crippen molar-refractivity contribution >= 4 is 0 Å². The van der Waals surface area contributed by atoms with E-state index in [9.17, 15) is 10.2 Å². The molecule has 2 unspecified atom stereocenters. The van der Waals surface area contributed by atoms with Crippen molar-refractivity contribution in [1.82, 2.24) is 0 Å². The van der Waals surface area contributed by atoms with Crippen molar-refractivity contribution in [3.63, 3.8) is 0 Å². The monoisotopic (exact) mass is 805 g/mol. The number of aliphatic hydroxyl groups is 2. The highest BCUT2D eigenvalue weighted by Crippen LogP contribution is 2.46. The summed E-state index contributed by atoms with van der Waals surface area (Å²) in [4.78, 5) is 0. The Kier molecular flexibility index (Phi) is 13.9. The number of aliphatic hydroxyl groups excluding tert-OH is 2. The molecular weight excluding hydrogens is 725 g/mol. The minimum atomic E-state index is -0.791. The van der Waals surface area contributed by atoms with Gasteiger partial charge >= 0.3 is 0 Å². The maximum absolute atomic E-state index is 12.1. The van der Waals surface area contributed by atoms with Crippen LogP contribution in [0, 0.1) is 0 Å². The van der Waals surface area contributed by atoms with Crippen LogP contribution < -0.4 is 9.47 Å². The van der Waals surface area contributed by atoms with Gasteiger partial charge < -0.3 is 19.7 Å². The van der Waals surface area contributed by atoms with Crippen LogP contribution in [0.2, 0.25) is 0 Å². The van der Waals surface area contributed by atoms with Crippen molar-refractivity contribution < 1.29 is 19.7 Å². The second-order valence-electron chi connectivity index (χ2n) is 23.4. The molecule has 0 saturated carbocycles. The van der Waals surface area contributed by atoms with Crippen molar-refractivity contribution in [3.8, 4) is 33.8 Å². The number of hydrogen-bond acceptors (Lipinski definition) is 4. The summed E-state index contributed by atoms with van der Waals surface area (Å²) in [5, 5.41) is 24.2. The molecule has 4 aromatic carbocycles. The summed E-state index contributed by atoms with van der Waals surface area (Å²) in [6.07, 6.45) is -0.0558. The molecule has 0 fully saturated rings. The van der Waals surface area contributed by atoms with Gasteiger partial charge in [0.2, 0.25) is 0 Å². The first kappa shape index (κ1) is 48.1. The van der Waals surface area contributed by atoms with E-state index in [2.05, 4.69) is 185 Å². The summed E-state index contributed by atoms with van der Waals surface area (Å²) in [6.45, 7) is 40.4. The van der Waals surface area contributed by atoms with Crippen molar-refractivity contribution in [1.29, 1.82) is 0 Å².